The van der Waals surface area contributed by atoms with Crippen molar-refractivity contribution in [2.24, 2.45) is 0 Å². The van der Waals surface area contributed by atoms with E-state index in [4.69, 9.17) is 0 Å². The van der Waals surface area contributed by atoms with Crippen molar-refractivity contribution in [3.63, 3.8) is 0 Å². The average molecular weight is 553 g/mol. The molecule has 0 aliphatic carbocycles. The summed E-state index contributed by atoms with van der Waals surface area (Å²) >= 11 is 0. The summed E-state index contributed by atoms with van der Waals surface area (Å²) in [5.41, 5.74) is 9.68. The first-order chi connectivity index (χ1) is 18.0. The van der Waals surface area contributed by atoms with E-state index in [1.165, 1.54) is 0 Å². The van der Waals surface area contributed by atoms with Crippen LogP contribution in [0.5, 0.6) is 11.5 Å². The van der Waals surface area contributed by atoms with E-state index in [1.54, 1.807) is 0 Å². The van der Waals surface area contributed by atoms with Gasteiger partial charge in [-0.15, -0.1) is 0 Å². The number of carbonyl (C=O) groups is 2. The fraction of sp³-hybridized carbons (Fsp3) is 0.588. The molecule has 0 aromatic heterocycles. The van der Waals surface area contributed by atoms with Crippen molar-refractivity contribution in [1.82, 2.24) is 10.9 Å². The normalized spacial score (nSPS) is 12.8. The molecule has 0 unspecified atom stereocenters. The van der Waals surface area contributed by atoms with Gasteiger partial charge in [-0.25, -0.2) is 0 Å². The minimum atomic E-state index is -0.334. The Kier molecular flexibility index (Phi) is 9.82. The van der Waals surface area contributed by atoms with Gasteiger partial charge in [0.15, 0.2) is 0 Å². The Hall–Kier alpha value is -3.02. The van der Waals surface area contributed by atoms with Crippen LogP contribution in [0.1, 0.15) is 129 Å². The maximum absolute atomic E-state index is 12.6. The molecule has 222 valence electrons. The molecule has 0 saturated carbocycles. The molecule has 0 fully saturated rings. The van der Waals surface area contributed by atoms with Crippen LogP contribution in [0, 0.1) is 0 Å². The predicted molar refractivity (Wildman–Crippen MR) is 164 cm³/mol. The number of phenolic OH excluding ortho intramolecular Hbond substituents is 2. The molecule has 2 aromatic carbocycles. The first kappa shape index (κ1) is 33.2. The standard InChI is InChI=1S/C34H52N2O4/c1-31(2,3)23-17-21(29(39)25(19-23)33(7,8)9)13-15-27(37)35-36-28(38)16-14-22-18-24(32(4,5)6)20-26(30(22)40)34(10,11)12/h17-20,39-40H,13-16H2,1-12H3,(H,35,37)(H,36,38). The number of carbonyl (C=O) groups excluding carboxylic acids is 2. The third kappa shape index (κ3) is 8.74. The monoisotopic (exact) mass is 552 g/mol. The molecule has 0 spiro atoms. The largest absolute Gasteiger partial charge is 0.507 e. The molecule has 40 heavy (non-hydrogen) atoms. The first-order valence-corrected chi connectivity index (χ1v) is 14.3. The molecular weight excluding hydrogens is 500 g/mol. The summed E-state index contributed by atoms with van der Waals surface area (Å²) in [6.07, 6.45) is 0.940. The predicted octanol–water partition coefficient (Wildman–Crippen LogP) is 7.00. The van der Waals surface area contributed by atoms with E-state index in [0.717, 1.165) is 33.4 Å². The lowest BCUT2D eigenvalue weighted by atomic mass is 9.78. The second kappa shape index (κ2) is 11.8. The highest BCUT2D eigenvalue weighted by Gasteiger charge is 2.26. The van der Waals surface area contributed by atoms with E-state index in [9.17, 15) is 19.8 Å². The third-order valence-electron chi connectivity index (χ3n) is 7.31. The van der Waals surface area contributed by atoms with E-state index in [2.05, 4.69) is 106 Å². The van der Waals surface area contributed by atoms with E-state index in [1.807, 2.05) is 12.1 Å². The highest BCUT2D eigenvalue weighted by Crippen LogP contribution is 2.39. The quantitative estimate of drug-likeness (QED) is 0.290. The minimum Gasteiger partial charge on any atom is -0.507 e. The van der Waals surface area contributed by atoms with Crippen LogP contribution in [-0.4, -0.2) is 22.0 Å². The Labute approximate surface area is 241 Å². The van der Waals surface area contributed by atoms with Crippen LogP contribution in [-0.2, 0) is 44.1 Å². The SMILES string of the molecule is CC(C)(C)c1cc(CCC(=O)NNC(=O)CCc2cc(C(C)(C)C)cc(C(C)(C)C)c2O)c(O)c(C(C)(C)C)c1. The smallest absolute Gasteiger partial charge is 0.238 e. The van der Waals surface area contributed by atoms with Gasteiger partial charge in [-0.1, -0.05) is 107 Å². The zero-order valence-corrected chi connectivity index (χ0v) is 26.8. The van der Waals surface area contributed by atoms with Crippen LogP contribution in [0.3, 0.4) is 0 Å². The minimum absolute atomic E-state index is 0.104. The van der Waals surface area contributed by atoms with Crippen molar-refractivity contribution < 1.29 is 19.8 Å². The third-order valence-corrected chi connectivity index (χ3v) is 7.31. The second-order valence-electron chi connectivity index (χ2n) is 15.2. The van der Waals surface area contributed by atoms with Gasteiger partial charge in [0.2, 0.25) is 11.8 Å². The lowest BCUT2D eigenvalue weighted by Crippen LogP contribution is -2.41. The van der Waals surface area contributed by atoms with E-state index in [0.29, 0.717) is 12.8 Å². The van der Waals surface area contributed by atoms with Crippen molar-refractivity contribution in [2.75, 3.05) is 0 Å². The van der Waals surface area contributed by atoms with Gasteiger partial charge in [-0.3, -0.25) is 20.4 Å². The number of hydrogen-bond acceptors (Lipinski definition) is 4. The summed E-state index contributed by atoms with van der Waals surface area (Å²) in [6.45, 7) is 25.1. The number of aromatic hydroxyl groups is 2. The van der Waals surface area contributed by atoms with E-state index in [-0.39, 0.29) is 57.8 Å². The summed E-state index contributed by atoms with van der Waals surface area (Å²) < 4.78 is 0. The number of hydrazine groups is 1. The van der Waals surface area contributed by atoms with Gasteiger partial charge >= 0.3 is 0 Å². The molecule has 0 aliphatic heterocycles. The lowest BCUT2D eigenvalue weighted by molar-refractivity contribution is -0.128. The molecular formula is C34H52N2O4. The molecule has 6 heteroatoms. The van der Waals surface area contributed by atoms with Gasteiger partial charge in [0.05, 0.1) is 0 Å². The van der Waals surface area contributed by atoms with E-state index < -0.39 is 0 Å². The molecule has 0 aliphatic rings. The molecule has 6 nitrogen and oxygen atoms in total. The van der Waals surface area contributed by atoms with Crippen LogP contribution in [0.15, 0.2) is 24.3 Å². The van der Waals surface area contributed by atoms with E-state index >= 15 is 0 Å². The van der Waals surface area contributed by atoms with Crippen molar-refractivity contribution in [3.8, 4) is 11.5 Å². The zero-order valence-electron chi connectivity index (χ0n) is 26.8. The molecule has 0 bridgehead atoms. The van der Waals surface area contributed by atoms with Gasteiger partial charge in [-0.2, -0.15) is 0 Å². The molecule has 0 heterocycles. The Morgan fingerprint density at radius 1 is 0.550 bits per heavy atom. The Morgan fingerprint density at radius 2 is 0.850 bits per heavy atom. The maximum atomic E-state index is 12.6. The lowest BCUT2D eigenvalue weighted by Gasteiger charge is -2.27. The molecule has 0 saturated heterocycles. The Morgan fingerprint density at radius 3 is 1.10 bits per heavy atom. The van der Waals surface area contributed by atoms with Crippen LogP contribution in [0.25, 0.3) is 0 Å². The van der Waals surface area contributed by atoms with Gasteiger partial charge < -0.3 is 10.2 Å². The number of phenols is 2. The topological polar surface area (TPSA) is 98.7 Å². The van der Waals surface area contributed by atoms with Gasteiger partial charge in [0.1, 0.15) is 11.5 Å². The molecule has 2 rings (SSSR count). The highest BCUT2D eigenvalue weighted by molar-refractivity contribution is 5.82. The number of benzene rings is 2. The van der Waals surface area contributed by atoms with Crippen LogP contribution < -0.4 is 10.9 Å². The van der Waals surface area contributed by atoms with Crippen molar-refractivity contribution in [1.29, 1.82) is 0 Å². The summed E-state index contributed by atoms with van der Waals surface area (Å²) in [5, 5.41) is 21.9. The van der Waals surface area contributed by atoms with Gasteiger partial charge in [0.25, 0.3) is 0 Å². The number of nitrogens with one attached hydrogen (secondary N) is 2. The second-order valence-corrected chi connectivity index (χ2v) is 15.2. The molecule has 0 radical (unpaired) electrons. The summed E-state index contributed by atoms with van der Waals surface area (Å²) in [7, 11) is 0. The molecule has 2 amide bonds. The van der Waals surface area contributed by atoms with Crippen molar-refractivity contribution in [2.45, 2.75) is 130 Å². The Bertz CT molecular complexity index is 1140. The van der Waals surface area contributed by atoms with Crippen LogP contribution in [0.2, 0.25) is 0 Å². The molecule has 2 aromatic rings. The Balaban J connectivity index is 2.06. The molecule has 4 N–H and O–H groups in total. The first-order valence-electron chi connectivity index (χ1n) is 14.3. The van der Waals surface area contributed by atoms with Crippen molar-refractivity contribution in [3.05, 3.63) is 57.6 Å². The summed E-state index contributed by atoms with van der Waals surface area (Å²) in [5.74, 6) is -0.217. The number of aryl methyl sites for hydroxylation is 2. The maximum Gasteiger partial charge on any atom is 0.238 e. The fourth-order valence-electron chi connectivity index (χ4n) is 4.54. The highest BCUT2D eigenvalue weighted by atomic mass is 16.3. The van der Waals surface area contributed by atoms with Crippen LogP contribution >= 0.6 is 0 Å². The van der Waals surface area contributed by atoms with Gasteiger partial charge in [-0.05, 0) is 67.9 Å². The summed E-state index contributed by atoms with van der Waals surface area (Å²) in [4.78, 5) is 25.2. The van der Waals surface area contributed by atoms with Gasteiger partial charge in [0, 0.05) is 12.8 Å². The fourth-order valence-corrected chi connectivity index (χ4v) is 4.54. The molecule has 0 atom stereocenters. The number of hydrogen-bond donors (Lipinski definition) is 4. The van der Waals surface area contributed by atoms with Crippen molar-refractivity contribution >= 4 is 11.8 Å². The summed E-state index contributed by atoms with van der Waals surface area (Å²) in [6, 6.07) is 8.05. The zero-order chi connectivity index (χ0) is 30.8. The number of amides is 2. The number of rotatable bonds is 6. The average Bonchev–Trinajstić information content (AvgIpc) is 2.78. The van der Waals surface area contributed by atoms with Crippen LogP contribution in [0.4, 0.5) is 0 Å².